The van der Waals surface area contributed by atoms with Crippen molar-refractivity contribution in [1.82, 2.24) is 16.0 Å². The van der Waals surface area contributed by atoms with E-state index in [4.69, 9.17) is 9.47 Å². The summed E-state index contributed by atoms with van der Waals surface area (Å²) in [5.74, 6) is 0.542. The Hall–Kier alpha value is -4.18. The van der Waals surface area contributed by atoms with Gasteiger partial charge in [-0.3, -0.25) is 0 Å². The molecule has 0 bridgehead atoms. The summed E-state index contributed by atoms with van der Waals surface area (Å²) in [6.45, 7) is 0.0514. The Kier molecular flexibility index (Phi) is 13.6. The van der Waals surface area contributed by atoms with E-state index in [2.05, 4.69) is 16.0 Å². The van der Waals surface area contributed by atoms with E-state index in [-0.39, 0.29) is 46.0 Å². The van der Waals surface area contributed by atoms with E-state index in [1.807, 2.05) is 84.7 Å². The molecule has 244 valence electrons. The summed E-state index contributed by atoms with van der Waals surface area (Å²) in [5, 5.41) is 18.2. The first kappa shape index (κ1) is 34.7. The molecule has 0 radical (unpaired) electrons. The number of aliphatic hydroxyl groups excluding tert-OH is 1. The molecule has 4 N–H and O–H groups in total. The number of alkyl carbamates (subject to hydrolysis) is 1. The van der Waals surface area contributed by atoms with Crippen molar-refractivity contribution in [3.05, 3.63) is 95.6 Å². The summed E-state index contributed by atoms with van der Waals surface area (Å²) in [6.07, 6.45) is 1.50. The molecular formula is C35H41N3O7Se. The number of benzene rings is 3. The molecule has 3 amide bonds. The number of aliphatic hydroxyl groups is 1. The molecule has 0 heterocycles. The van der Waals surface area contributed by atoms with Crippen LogP contribution in [-0.2, 0) is 30.5 Å². The SMILES string of the molecule is C[Se]CC(NC(=O)[C@@H](CO)NC(=O)OCC1c2ccccc2-c2ccccc21)C(=O)NCCCCCC(=O)OCc1ccccc1. The third-order valence-corrected chi connectivity index (χ3v) is 9.10. The minimum absolute atomic E-state index is 0.0673. The minimum atomic E-state index is -1.28. The molecule has 3 aromatic carbocycles. The molecule has 4 rings (SSSR count). The molecule has 1 aliphatic rings. The Bertz CT molecular complexity index is 1420. The third-order valence-electron chi connectivity index (χ3n) is 7.70. The molecule has 0 aromatic heterocycles. The van der Waals surface area contributed by atoms with Gasteiger partial charge in [0.2, 0.25) is 0 Å². The normalized spacial score (nSPS) is 13.1. The Balaban J connectivity index is 1.16. The number of ether oxygens (including phenoxy) is 2. The topological polar surface area (TPSA) is 143 Å². The molecular weight excluding hydrogens is 653 g/mol. The van der Waals surface area contributed by atoms with Crippen molar-refractivity contribution in [2.24, 2.45) is 0 Å². The molecule has 0 fully saturated rings. The van der Waals surface area contributed by atoms with Gasteiger partial charge in [-0.15, -0.1) is 0 Å². The van der Waals surface area contributed by atoms with Crippen molar-refractivity contribution >= 4 is 38.8 Å². The summed E-state index contributed by atoms with van der Waals surface area (Å²) >= 11 is 0.0737. The fraction of sp³-hybridized carbons (Fsp3) is 0.371. The van der Waals surface area contributed by atoms with Gasteiger partial charge in [-0.2, -0.15) is 0 Å². The average molecular weight is 695 g/mol. The summed E-state index contributed by atoms with van der Waals surface area (Å²) < 4.78 is 10.8. The van der Waals surface area contributed by atoms with E-state index < -0.39 is 30.7 Å². The zero-order valence-electron chi connectivity index (χ0n) is 25.9. The van der Waals surface area contributed by atoms with Gasteiger partial charge in [-0.05, 0) is 5.56 Å². The number of esters is 1. The van der Waals surface area contributed by atoms with E-state index in [9.17, 15) is 24.3 Å². The molecule has 0 saturated carbocycles. The molecule has 0 spiro atoms. The summed E-state index contributed by atoms with van der Waals surface area (Å²) in [5.41, 5.74) is 5.25. The van der Waals surface area contributed by atoms with Crippen LogP contribution in [0.4, 0.5) is 4.79 Å². The number of amides is 3. The van der Waals surface area contributed by atoms with E-state index in [1.54, 1.807) is 0 Å². The van der Waals surface area contributed by atoms with Gasteiger partial charge < -0.3 is 0 Å². The van der Waals surface area contributed by atoms with Crippen LogP contribution in [0, 0.1) is 0 Å². The van der Waals surface area contributed by atoms with Crippen LogP contribution in [0.15, 0.2) is 78.9 Å². The molecule has 46 heavy (non-hydrogen) atoms. The van der Waals surface area contributed by atoms with Crippen LogP contribution < -0.4 is 16.0 Å². The molecule has 3 aromatic rings. The van der Waals surface area contributed by atoms with Crippen LogP contribution >= 0.6 is 0 Å². The summed E-state index contributed by atoms with van der Waals surface area (Å²) in [4.78, 5) is 50.5. The van der Waals surface area contributed by atoms with E-state index in [0.717, 1.165) is 34.2 Å². The van der Waals surface area contributed by atoms with Crippen molar-refractivity contribution in [2.75, 3.05) is 19.8 Å². The maximum absolute atomic E-state index is 13.0. The Labute approximate surface area is 275 Å². The summed E-state index contributed by atoms with van der Waals surface area (Å²) in [7, 11) is 0. The van der Waals surface area contributed by atoms with Gasteiger partial charge >= 0.3 is 204 Å². The Morgan fingerprint density at radius 2 is 1.43 bits per heavy atom. The molecule has 0 saturated heterocycles. The van der Waals surface area contributed by atoms with Crippen molar-refractivity contribution < 1.29 is 33.8 Å². The van der Waals surface area contributed by atoms with Gasteiger partial charge in [0.15, 0.2) is 0 Å². The zero-order valence-corrected chi connectivity index (χ0v) is 27.6. The molecule has 1 aliphatic carbocycles. The molecule has 2 atom stereocenters. The predicted molar refractivity (Wildman–Crippen MR) is 175 cm³/mol. The number of rotatable bonds is 17. The van der Waals surface area contributed by atoms with Crippen LogP contribution in [-0.4, -0.2) is 75.8 Å². The van der Waals surface area contributed by atoms with Gasteiger partial charge in [0, 0.05) is 0 Å². The fourth-order valence-corrected chi connectivity index (χ4v) is 6.51. The zero-order chi connectivity index (χ0) is 32.7. The number of hydrogen-bond donors (Lipinski definition) is 4. The molecule has 11 heteroatoms. The second kappa shape index (κ2) is 18.1. The van der Waals surface area contributed by atoms with Crippen molar-refractivity contribution in [3.8, 4) is 11.1 Å². The van der Waals surface area contributed by atoms with Gasteiger partial charge in [-0.1, -0.05) is 66.7 Å². The predicted octanol–water partition coefficient (Wildman–Crippen LogP) is 3.96. The van der Waals surface area contributed by atoms with E-state index in [0.29, 0.717) is 31.1 Å². The van der Waals surface area contributed by atoms with E-state index in [1.165, 1.54) is 0 Å². The second-order valence-electron chi connectivity index (χ2n) is 11.0. The first-order valence-electron chi connectivity index (χ1n) is 15.4. The average Bonchev–Trinajstić information content (AvgIpc) is 3.40. The minimum Gasteiger partial charge on any atom is -0.0622 e. The van der Waals surface area contributed by atoms with Crippen LogP contribution in [0.25, 0.3) is 11.1 Å². The van der Waals surface area contributed by atoms with Gasteiger partial charge in [-0.25, -0.2) is 0 Å². The smallest absolute Gasteiger partial charge is 0.0622 e. The fourth-order valence-electron chi connectivity index (χ4n) is 5.31. The van der Waals surface area contributed by atoms with Crippen LogP contribution in [0.3, 0.4) is 0 Å². The second-order valence-corrected chi connectivity index (χ2v) is 12.9. The number of nitrogens with one attached hydrogen (secondary N) is 3. The number of fused-ring (bicyclic) bond motifs is 3. The van der Waals surface area contributed by atoms with Crippen LogP contribution in [0.2, 0.25) is 11.1 Å². The molecule has 10 nitrogen and oxygen atoms in total. The summed E-state index contributed by atoms with van der Waals surface area (Å²) in [6, 6.07) is 23.3. The van der Waals surface area contributed by atoms with Gasteiger partial charge in [0.25, 0.3) is 0 Å². The number of carbonyl (C=O) groups is 4. The van der Waals surface area contributed by atoms with E-state index >= 15 is 0 Å². The van der Waals surface area contributed by atoms with Gasteiger partial charge in [0.1, 0.15) is 0 Å². The monoisotopic (exact) mass is 695 g/mol. The Morgan fingerprint density at radius 3 is 2.09 bits per heavy atom. The number of hydrogen-bond acceptors (Lipinski definition) is 7. The first-order chi connectivity index (χ1) is 22.4. The van der Waals surface area contributed by atoms with Crippen molar-refractivity contribution in [3.63, 3.8) is 0 Å². The van der Waals surface area contributed by atoms with Gasteiger partial charge in [0.05, 0.1) is 0 Å². The first-order valence-corrected chi connectivity index (χ1v) is 18.3. The maximum atomic E-state index is 13.0. The van der Waals surface area contributed by atoms with Crippen LogP contribution in [0.5, 0.6) is 0 Å². The standard InChI is InChI=1S/C35H41N3O7Se/c1-46-23-31(33(41)36-19-11-3-6-18-32(40)44-21-24-12-4-2-5-13-24)37-34(42)30(20-39)38-35(43)45-22-29-27-16-9-7-14-25(27)26-15-8-10-17-28(26)29/h2,4-5,7-10,12-17,29-31,39H,3,6,11,18-23H2,1H3,(H,36,41)(H,37,42)(H,38,43)/t30-,31?/m1/s1. The number of unbranched alkanes of at least 4 members (excludes halogenated alkanes) is 2. The number of carbonyl (C=O) groups excluding carboxylic acids is 4. The van der Waals surface area contributed by atoms with Crippen molar-refractivity contribution in [2.45, 2.75) is 61.4 Å². The third kappa shape index (κ3) is 9.91. The Morgan fingerprint density at radius 1 is 0.783 bits per heavy atom. The quantitative estimate of drug-likeness (QED) is 0.0952. The van der Waals surface area contributed by atoms with Crippen molar-refractivity contribution in [1.29, 1.82) is 0 Å². The molecule has 1 unspecified atom stereocenters. The molecule has 0 aliphatic heterocycles. The van der Waals surface area contributed by atoms with Crippen LogP contribution in [0.1, 0.15) is 48.3 Å².